The van der Waals surface area contributed by atoms with Gasteiger partial charge in [0, 0.05) is 12.1 Å². The van der Waals surface area contributed by atoms with E-state index < -0.39 is 23.8 Å². The van der Waals surface area contributed by atoms with Gasteiger partial charge in [-0.2, -0.15) is 0 Å². The summed E-state index contributed by atoms with van der Waals surface area (Å²) in [5.41, 5.74) is 0.929. The topological polar surface area (TPSA) is 84.9 Å². The number of fused-ring (bicyclic) bond motifs is 1. The molecule has 1 aliphatic heterocycles. The summed E-state index contributed by atoms with van der Waals surface area (Å²) in [7, 11) is 2.91. The molecule has 0 bridgehead atoms. The number of carbonyl (C=O) groups is 3. The molecule has 158 valence electrons. The summed E-state index contributed by atoms with van der Waals surface area (Å²) in [4.78, 5) is 40.1. The zero-order chi connectivity index (χ0) is 22.0. The highest BCUT2D eigenvalue weighted by molar-refractivity contribution is 6.32. The van der Waals surface area contributed by atoms with E-state index in [1.54, 1.807) is 24.3 Å². The van der Waals surface area contributed by atoms with Crippen molar-refractivity contribution < 1.29 is 23.9 Å². The van der Waals surface area contributed by atoms with Crippen LogP contribution in [0, 0.1) is 5.92 Å². The first-order valence-electron chi connectivity index (χ1n) is 9.47. The van der Waals surface area contributed by atoms with Crippen molar-refractivity contribution in [3.63, 3.8) is 0 Å². The number of amides is 3. The summed E-state index contributed by atoms with van der Waals surface area (Å²) in [6, 6.07) is 8.64. The van der Waals surface area contributed by atoms with Crippen molar-refractivity contribution in [3.8, 4) is 11.5 Å². The van der Waals surface area contributed by atoms with E-state index in [1.165, 1.54) is 26.4 Å². The summed E-state index contributed by atoms with van der Waals surface area (Å²) < 4.78 is 10.5. The summed E-state index contributed by atoms with van der Waals surface area (Å²) in [5, 5.41) is 3.09. The van der Waals surface area contributed by atoms with Crippen molar-refractivity contribution >= 4 is 35.0 Å². The van der Waals surface area contributed by atoms with E-state index in [9.17, 15) is 14.4 Å². The molecule has 0 unspecified atom stereocenters. The molecule has 1 heterocycles. The number of benzene rings is 2. The molecule has 0 spiro atoms. The Morgan fingerprint density at radius 3 is 2.10 bits per heavy atom. The molecule has 0 saturated carbocycles. The van der Waals surface area contributed by atoms with Gasteiger partial charge in [0.25, 0.3) is 11.8 Å². The largest absolute Gasteiger partial charge is 0.495 e. The second-order valence-electron chi connectivity index (χ2n) is 7.35. The second kappa shape index (κ2) is 8.75. The van der Waals surface area contributed by atoms with E-state index in [2.05, 4.69) is 5.32 Å². The number of hydrogen-bond donors (Lipinski definition) is 1. The first-order chi connectivity index (χ1) is 14.3. The van der Waals surface area contributed by atoms with Gasteiger partial charge in [-0.3, -0.25) is 19.3 Å². The van der Waals surface area contributed by atoms with E-state index in [-0.39, 0.29) is 5.92 Å². The lowest BCUT2D eigenvalue weighted by atomic mass is 10.0. The third kappa shape index (κ3) is 3.98. The summed E-state index contributed by atoms with van der Waals surface area (Å²) >= 11 is 6.13. The van der Waals surface area contributed by atoms with Crippen LogP contribution in [0.1, 0.15) is 41.0 Å². The molecule has 0 saturated heterocycles. The molecule has 1 N–H and O–H groups in total. The van der Waals surface area contributed by atoms with E-state index >= 15 is 0 Å². The number of nitrogens with zero attached hydrogens (tertiary/aromatic N) is 1. The summed E-state index contributed by atoms with van der Waals surface area (Å²) in [6.45, 7) is 3.84. The fourth-order valence-electron chi connectivity index (χ4n) is 3.44. The Hall–Kier alpha value is -3.06. The predicted octanol–water partition coefficient (Wildman–Crippen LogP) is 4.01. The van der Waals surface area contributed by atoms with Crippen molar-refractivity contribution in [1.29, 1.82) is 0 Å². The van der Waals surface area contributed by atoms with Crippen LogP contribution >= 0.6 is 11.6 Å². The Kier molecular flexibility index (Phi) is 6.31. The highest BCUT2D eigenvalue weighted by Crippen LogP contribution is 2.36. The van der Waals surface area contributed by atoms with Crippen LogP contribution in [-0.4, -0.2) is 42.9 Å². The molecular formula is C22H23ClN2O5. The first kappa shape index (κ1) is 21.6. The summed E-state index contributed by atoms with van der Waals surface area (Å²) in [6.07, 6.45) is 0.310. The molecule has 1 atom stereocenters. The number of halogens is 1. The van der Waals surface area contributed by atoms with Crippen LogP contribution in [0.3, 0.4) is 0 Å². The van der Waals surface area contributed by atoms with Crippen LogP contribution in [0.15, 0.2) is 36.4 Å². The molecule has 0 aliphatic carbocycles. The van der Waals surface area contributed by atoms with Gasteiger partial charge in [-0.25, -0.2) is 0 Å². The quantitative estimate of drug-likeness (QED) is 0.671. The lowest BCUT2D eigenvalue weighted by molar-refractivity contribution is -0.120. The number of nitrogens with one attached hydrogen (secondary N) is 1. The van der Waals surface area contributed by atoms with Gasteiger partial charge < -0.3 is 14.8 Å². The molecule has 8 heteroatoms. The second-order valence-corrected chi connectivity index (χ2v) is 7.75. The van der Waals surface area contributed by atoms with Gasteiger partial charge in [-0.05, 0) is 24.5 Å². The Morgan fingerprint density at radius 1 is 1.03 bits per heavy atom. The number of methoxy groups -OCH3 is 2. The number of hydrogen-bond acceptors (Lipinski definition) is 5. The van der Waals surface area contributed by atoms with Gasteiger partial charge in [0.1, 0.15) is 17.5 Å². The molecule has 30 heavy (non-hydrogen) atoms. The number of imide groups is 1. The Balaban J connectivity index is 1.95. The zero-order valence-corrected chi connectivity index (χ0v) is 17.9. The minimum Gasteiger partial charge on any atom is -0.495 e. The minimum atomic E-state index is -0.983. The molecule has 0 radical (unpaired) electrons. The van der Waals surface area contributed by atoms with Crippen LogP contribution in [0.5, 0.6) is 11.5 Å². The Bertz CT molecular complexity index is 970. The fourth-order valence-corrected chi connectivity index (χ4v) is 3.67. The molecule has 2 aromatic carbocycles. The highest BCUT2D eigenvalue weighted by Gasteiger charge is 2.42. The molecule has 1 aliphatic rings. The maximum atomic E-state index is 13.2. The maximum Gasteiger partial charge on any atom is 0.262 e. The number of anilines is 1. The van der Waals surface area contributed by atoms with E-state index in [0.717, 1.165) is 4.90 Å². The van der Waals surface area contributed by atoms with Gasteiger partial charge >= 0.3 is 0 Å². The minimum absolute atomic E-state index is 0.0618. The fraction of sp³-hybridized carbons (Fsp3) is 0.318. The van der Waals surface area contributed by atoms with E-state index in [4.69, 9.17) is 21.1 Å². The Morgan fingerprint density at radius 2 is 1.60 bits per heavy atom. The smallest absolute Gasteiger partial charge is 0.262 e. The lowest BCUT2D eigenvalue weighted by Crippen LogP contribution is -2.48. The van der Waals surface area contributed by atoms with Crippen molar-refractivity contribution in [2.45, 2.75) is 26.3 Å². The van der Waals surface area contributed by atoms with Gasteiger partial charge in [-0.15, -0.1) is 0 Å². The third-order valence-electron chi connectivity index (χ3n) is 4.87. The average Bonchev–Trinajstić information content (AvgIpc) is 2.97. The van der Waals surface area contributed by atoms with Crippen LogP contribution in [0.25, 0.3) is 0 Å². The average molecular weight is 431 g/mol. The van der Waals surface area contributed by atoms with Crippen molar-refractivity contribution in [2.75, 3.05) is 19.5 Å². The highest BCUT2D eigenvalue weighted by atomic mass is 35.5. The van der Waals surface area contributed by atoms with E-state index in [1.807, 2.05) is 13.8 Å². The molecule has 0 aromatic heterocycles. The van der Waals surface area contributed by atoms with Gasteiger partial charge in [0.15, 0.2) is 0 Å². The molecule has 3 amide bonds. The first-order valence-corrected chi connectivity index (χ1v) is 9.85. The van der Waals surface area contributed by atoms with Gasteiger partial charge in [-0.1, -0.05) is 37.6 Å². The molecule has 3 rings (SSSR count). The lowest BCUT2D eigenvalue weighted by Gasteiger charge is -2.27. The van der Waals surface area contributed by atoms with Crippen molar-refractivity contribution in [1.82, 2.24) is 4.90 Å². The van der Waals surface area contributed by atoms with Crippen molar-refractivity contribution in [2.24, 2.45) is 5.92 Å². The number of carbonyl (C=O) groups excluding carboxylic acids is 3. The summed E-state index contributed by atoms with van der Waals surface area (Å²) in [5.74, 6) is -0.699. The standard InChI is InChI=1S/C22H23ClN2O5/c1-12(2)9-17(25-21(27)13-7-5-6-8-14(13)22(25)28)20(26)24-16-11-18(29-3)15(23)10-19(16)30-4/h5-8,10-12,17H,9H2,1-4H3,(H,24,26)/t17-/m0/s1. The van der Waals surface area contributed by atoms with Gasteiger partial charge in [0.2, 0.25) is 5.91 Å². The molecule has 7 nitrogen and oxygen atoms in total. The third-order valence-corrected chi connectivity index (χ3v) is 5.16. The van der Waals surface area contributed by atoms with Crippen LogP contribution in [0.2, 0.25) is 5.02 Å². The maximum absolute atomic E-state index is 13.2. The molecular weight excluding hydrogens is 408 g/mol. The normalized spacial score (nSPS) is 14.0. The molecule has 2 aromatic rings. The van der Waals surface area contributed by atoms with Crippen LogP contribution in [0.4, 0.5) is 5.69 Å². The number of rotatable bonds is 7. The van der Waals surface area contributed by atoms with Gasteiger partial charge in [0.05, 0.1) is 36.1 Å². The predicted molar refractivity (Wildman–Crippen MR) is 113 cm³/mol. The zero-order valence-electron chi connectivity index (χ0n) is 17.2. The van der Waals surface area contributed by atoms with Crippen molar-refractivity contribution in [3.05, 3.63) is 52.5 Å². The molecule has 0 fully saturated rings. The Labute approximate surface area is 179 Å². The van der Waals surface area contributed by atoms with E-state index in [0.29, 0.717) is 39.8 Å². The van der Waals surface area contributed by atoms with Crippen LogP contribution < -0.4 is 14.8 Å². The SMILES string of the molecule is COc1cc(NC(=O)[C@H](CC(C)C)N2C(=O)c3ccccc3C2=O)c(OC)cc1Cl. The number of ether oxygens (including phenoxy) is 2. The monoisotopic (exact) mass is 430 g/mol. The van der Waals surface area contributed by atoms with Crippen LogP contribution in [-0.2, 0) is 4.79 Å².